The van der Waals surface area contributed by atoms with Gasteiger partial charge in [0.1, 0.15) is 18.1 Å². The summed E-state index contributed by atoms with van der Waals surface area (Å²) in [6, 6.07) is 12.4. The molecule has 0 aliphatic heterocycles. The first-order valence-electron chi connectivity index (χ1n) is 9.61. The van der Waals surface area contributed by atoms with E-state index in [-0.39, 0.29) is 31.0 Å². The molecule has 10 heteroatoms. The predicted molar refractivity (Wildman–Crippen MR) is 108 cm³/mol. The first kappa shape index (κ1) is 21.9. The van der Waals surface area contributed by atoms with Gasteiger partial charge in [-0.25, -0.2) is 4.39 Å². The van der Waals surface area contributed by atoms with Gasteiger partial charge in [0, 0.05) is 0 Å². The number of methoxy groups -OCH3 is 1. The molecule has 2 aromatic carbocycles. The SMILES string of the molecule is CCOC(=O)CC(NC(=O)Cn1nnc(-c2ccccc2F)n1)c1ccc(OC)cc1. The Morgan fingerprint density at radius 2 is 1.90 bits per heavy atom. The van der Waals surface area contributed by atoms with Crippen molar-refractivity contribution in [3.05, 3.63) is 59.9 Å². The van der Waals surface area contributed by atoms with E-state index >= 15 is 0 Å². The van der Waals surface area contributed by atoms with Crippen LogP contribution in [0.3, 0.4) is 0 Å². The third-order valence-electron chi connectivity index (χ3n) is 4.38. The highest BCUT2D eigenvalue weighted by Crippen LogP contribution is 2.21. The quantitative estimate of drug-likeness (QED) is 0.522. The minimum Gasteiger partial charge on any atom is -0.497 e. The number of tetrazole rings is 1. The Hall–Kier alpha value is -3.82. The zero-order valence-electron chi connectivity index (χ0n) is 17.1. The monoisotopic (exact) mass is 427 g/mol. The van der Waals surface area contributed by atoms with E-state index in [0.29, 0.717) is 11.3 Å². The summed E-state index contributed by atoms with van der Waals surface area (Å²) < 4.78 is 24.1. The fourth-order valence-electron chi connectivity index (χ4n) is 2.90. The van der Waals surface area contributed by atoms with Crippen molar-refractivity contribution in [1.82, 2.24) is 25.5 Å². The molecular weight excluding hydrogens is 405 g/mol. The maximum atomic E-state index is 13.9. The van der Waals surface area contributed by atoms with Crippen molar-refractivity contribution in [2.75, 3.05) is 13.7 Å². The molecule has 0 radical (unpaired) electrons. The van der Waals surface area contributed by atoms with Crippen LogP contribution in [0.15, 0.2) is 48.5 Å². The molecule has 3 aromatic rings. The van der Waals surface area contributed by atoms with Crippen molar-refractivity contribution in [3.8, 4) is 17.1 Å². The Bertz CT molecular complexity index is 1040. The number of carbonyl (C=O) groups excluding carboxylic acids is 2. The fraction of sp³-hybridized carbons (Fsp3) is 0.286. The van der Waals surface area contributed by atoms with Gasteiger partial charge in [0.2, 0.25) is 11.7 Å². The molecule has 162 valence electrons. The Morgan fingerprint density at radius 3 is 2.58 bits per heavy atom. The average Bonchev–Trinajstić information content (AvgIpc) is 3.22. The Balaban J connectivity index is 1.71. The van der Waals surface area contributed by atoms with Crippen LogP contribution >= 0.6 is 0 Å². The number of nitrogens with one attached hydrogen (secondary N) is 1. The summed E-state index contributed by atoms with van der Waals surface area (Å²) in [5, 5.41) is 14.5. The summed E-state index contributed by atoms with van der Waals surface area (Å²) in [5.74, 6) is -0.644. The van der Waals surface area contributed by atoms with E-state index in [1.54, 1.807) is 50.4 Å². The van der Waals surface area contributed by atoms with E-state index in [2.05, 4.69) is 20.7 Å². The van der Waals surface area contributed by atoms with Crippen molar-refractivity contribution < 1.29 is 23.5 Å². The first-order valence-corrected chi connectivity index (χ1v) is 9.61. The van der Waals surface area contributed by atoms with Gasteiger partial charge in [-0.1, -0.05) is 24.3 Å². The molecule has 9 nitrogen and oxygen atoms in total. The Morgan fingerprint density at radius 1 is 1.16 bits per heavy atom. The smallest absolute Gasteiger partial charge is 0.308 e. The molecule has 0 spiro atoms. The molecule has 3 rings (SSSR count). The van der Waals surface area contributed by atoms with E-state index in [4.69, 9.17) is 9.47 Å². The van der Waals surface area contributed by atoms with Gasteiger partial charge >= 0.3 is 5.97 Å². The van der Waals surface area contributed by atoms with Gasteiger partial charge in [-0.05, 0) is 42.0 Å². The molecule has 1 amide bonds. The summed E-state index contributed by atoms with van der Waals surface area (Å²) in [6.07, 6.45) is -0.0445. The number of benzene rings is 2. The maximum Gasteiger partial charge on any atom is 0.308 e. The van der Waals surface area contributed by atoms with E-state index in [1.807, 2.05) is 0 Å². The summed E-state index contributed by atoms with van der Waals surface area (Å²) in [6.45, 7) is 1.70. The van der Waals surface area contributed by atoms with Gasteiger partial charge < -0.3 is 14.8 Å². The van der Waals surface area contributed by atoms with Gasteiger partial charge in [-0.15, -0.1) is 10.2 Å². The van der Waals surface area contributed by atoms with Crippen molar-refractivity contribution in [2.24, 2.45) is 0 Å². The number of esters is 1. The number of hydrogen-bond acceptors (Lipinski definition) is 7. The summed E-state index contributed by atoms with van der Waals surface area (Å²) in [4.78, 5) is 25.7. The van der Waals surface area contributed by atoms with Crippen LogP contribution in [-0.2, 0) is 20.9 Å². The van der Waals surface area contributed by atoms with Gasteiger partial charge in [-0.3, -0.25) is 9.59 Å². The summed E-state index contributed by atoms with van der Waals surface area (Å²) >= 11 is 0. The lowest BCUT2D eigenvalue weighted by atomic mass is 10.0. The minimum absolute atomic E-state index is 0.0445. The molecule has 1 heterocycles. The van der Waals surface area contributed by atoms with Crippen LogP contribution < -0.4 is 10.1 Å². The molecule has 31 heavy (non-hydrogen) atoms. The Labute approximate surface area is 178 Å². The topological polar surface area (TPSA) is 108 Å². The first-order chi connectivity index (χ1) is 15.0. The van der Waals surface area contributed by atoms with Crippen LogP contribution in [0.5, 0.6) is 5.75 Å². The lowest BCUT2D eigenvalue weighted by Gasteiger charge is -2.18. The number of hydrogen-bond donors (Lipinski definition) is 1. The second kappa shape index (κ2) is 10.3. The minimum atomic E-state index is -0.619. The van der Waals surface area contributed by atoms with Crippen molar-refractivity contribution in [1.29, 1.82) is 0 Å². The standard InChI is InChI=1S/C21H22FN5O4/c1-3-31-20(29)12-18(14-8-10-15(30-2)11-9-14)23-19(28)13-27-25-21(24-26-27)16-6-4-5-7-17(16)22/h4-11,18H,3,12-13H2,1-2H3,(H,23,28). The van der Waals surface area contributed by atoms with Crippen LogP contribution in [0.4, 0.5) is 4.39 Å². The molecule has 0 saturated heterocycles. The third kappa shape index (κ3) is 5.84. The maximum absolute atomic E-state index is 13.9. The van der Waals surface area contributed by atoms with E-state index in [1.165, 1.54) is 12.1 Å². The van der Waals surface area contributed by atoms with E-state index < -0.39 is 23.7 Å². The van der Waals surface area contributed by atoms with Gasteiger partial charge in [0.25, 0.3) is 0 Å². The molecule has 0 fully saturated rings. The van der Waals surface area contributed by atoms with Crippen molar-refractivity contribution in [3.63, 3.8) is 0 Å². The van der Waals surface area contributed by atoms with Crippen molar-refractivity contribution >= 4 is 11.9 Å². The third-order valence-corrected chi connectivity index (χ3v) is 4.38. The second-order valence-electron chi connectivity index (χ2n) is 6.53. The van der Waals surface area contributed by atoms with Crippen LogP contribution in [0.2, 0.25) is 0 Å². The number of rotatable bonds is 9. The van der Waals surface area contributed by atoms with Gasteiger partial charge in [0.15, 0.2) is 0 Å². The molecule has 1 atom stereocenters. The molecule has 0 saturated carbocycles. The normalized spacial score (nSPS) is 11.6. The largest absolute Gasteiger partial charge is 0.497 e. The lowest BCUT2D eigenvalue weighted by molar-refractivity contribution is -0.143. The number of aromatic nitrogens is 4. The summed E-state index contributed by atoms with van der Waals surface area (Å²) in [7, 11) is 1.55. The molecular formula is C21H22FN5O4. The van der Waals surface area contributed by atoms with Crippen LogP contribution in [-0.4, -0.2) is 45.8 Å². The number of ether oxygens (including phenoxy) is 2. The fourth-order valence-corrected chi connectivity index (χ4v) is 2.90. The second-order valence-corrected chi connectivity index (χ2v) is 6.53. The van der Waals surface area contributed by atoms with E-state index in [0.717, 1.165) is 4.80 Å². The van der Waals surface area contributed by atoms with Crippen LogP contribution in [0.25, 0.3) is 11.4 Å². The van der Waals surface area contributed by atoms with Crippen LogP contribution in [0, 0.1) is 5.82 Å². The summed E-state index contributed by atoms with van der Waals surface area (Å²) in [5.41, 5.74) is 0.897. The number of nitrogens with zero attached hydrogens (tertiary/aromatic N) is 4. The van der Waals surface area contributed by atoms with Gasteiger partial charge in [-0.2, -0.15) is 4.80 Å². The average molecular weight is 427 g/mol. The zero-order valence-corrected chi connectivity index (χ0v) is 17.1. The molecule has 1 unspecified atom stereocenters. The molecule has 1 aromatic heterocycles. The van der Waals surface area contributed by atoms with Crippen LogP contribution in [0.1, 0.15) is 24.9 Å². The van der Waals surface area contributed by atoms with Crippen molar-refractivity contribution in [2.45, 2.75) is 25.9 Å². The van der Waals surface area contributed by atoms with E-state index in [9.17, 15) is 14.0 Å². The predicted octanol–water partition coefficient (Wildman–Crippen LogP) is 2.30. The highest BCUT2D eigenvalue weighted by molar-refractivity contribution is 5.78. The molecule has 0 bridgehead atoms. The van der Waals surface area contributed by atoms with Gasteiger partial charge in [0.05, 0.1) is 31.7 Å². The molecule has 0 aliphatic rings. The number of amides is 1. The molecule has 1 N–H and O–H groups in total. The zero-order chi connectivity index (χ0) is 22.2. The highest BCUT2D eigenvalue weighted by atomic mass is 19.1. The highest BCUT2D eigenvalue weighted by Gasteiger charge is 2.20. The Kier molecular flexibility index (Phi) is 7.26. The molecule has 0 aliphatic carbocycles. The number of halogens is 1. The lowest BCUT2D eigenvalue weighted by Crippen LogP contribution is -2.33. The number of carbonyl (C=O) groups is 2.